The molecule has 20 heavy (non-hydrogen) atoms. The summed E-state index contributed by atoms with van der Waals surface area (Å²) < 4.78 is 23.8. The molecule has 1 heterocycles. The molecule has 0 amide bonds. The molecule has 0 saturated carbocycles. The first-order valence-corrected chi connectivity index (χ1v) is 7.28. The Morgan fingerprint density at radius 1 is 1.50 bits per heavy atom. The molecule has 0 radical (unpaired) electrons. The molecule has 1 aromatic heterocycles. The van der Waals surface area contributed by atoms with Crippen LogP contribution in [0, 0.1) is 29.6 Å². The van der Waals surface area contributed by atoms with Gasteiger partial charge in [-0.25, -0.2) is 8.42 Å². The Hall–Kier alpha value is -2.45. The summed E-state index contributed by atoms with van der Waals surface area (Å²) in [6.45, 7) is 2.79. The van der Waals surface area contributed by atoms with Crippen molar-refractivity contribution in [3.63, 3.8) is 0 Å². The maximum absolute atomic E-state index is 11.9. The molecule has 0 aliphatic heterocycles. The number of hydrogen-bond acceptors (Lipinski definition) is 7. The molecule has 1 aromatic rings. The molecule has 0 N–H and O–H groups in total. The number of nitrogens with zero attached hydrogens (tertiary/aromatic N) is 4. The van der Waals surface area contributed by atoms with Crippen molar-refractivity contribution in [2.24, 2.45) is 5.16 Å². The first kappa shape index (κ1) is 15.6. The van der Waals surface area contributed by atoms with E-state index in [4.69, 9.17) is 10.5 Å². The zero-order chi connectivity index (χ0) is 15.2. The zero-order valence-electron chi connectivity index (χ0n) is 11.0. The Bertz CT molecular complexity index is 711. The van der Waals surface area contributed by atoms with E-state index in [0.29, 0.717) is 5.69 Å². The van der Waals surface area contributed by atoms with Gasteiger partial charge >= 0.3 is 0 Å². The third kappa shape index (κ3) is 3.53. The van der Waals surface area contributed by atoms with Crippen LogP contribution in [0.5, 0.6) is 0 Å². The standard InChI is InChI=1S/C12H12N4O3S/c1-3-20(17,18)12-6-10(8-15-9(12)2)11(7-14)16-19-5-4-13/h6,8H,3,5H2,1-2H3/b16-11+. The fourth-order valence-electron chi connectivity index (χ4n) is 1.38. The van der Waals surface area contributed by atoms with Gasteiger partial charge in [0.15, 0.2) is 15.5 Å². The van der Waals surface area contributed by atoms with Crippen LogP contribution >= 0.6 is 0 Å². The minimum atomic E-state index is -3.44. The number of oxime groups is 1. The summed E-state index contributed by atoms with van der Waals surface area (Å²) in [7, 11) is -3.44. The number of aryl methyl sites for hydroxylation is 1. The van der Waals surface area contributed by atoms with Crippen molar-refractivity contribution >= 4 is 15.5 Å². The predicted octanol–water partition coefficient (Wildman–Crippen LogP) is 0.951. The second kappa shape index (κ2) is 6.64. The number of aromatic nitrogens is 1. The summed E-state index contributed by atoms with van der Waals surface area (Å²) in [5.74, 6) is -0.0665. The van der Waals surface area contributed by atoms with Crippen molar-refractivity contribution in [2.45, 2.75) is 18.7 Å². The minimum absolute atomic E-state index is 0.0562. The van der Waals surface area contributed by atoms with E-state index in [1.54, 1.807) is 19.1 Å². The highest BCUT2D eigenvalue weighted by Gasteiger charge is 2.18. The Morgan fingerprint density at radius 3 is 2.75 bits per heavy atom. The van der Waals surface area contributed by atoms with Crippen LogP contribution in [0.25, 0.3) is 0 Å². The van der Waals surface area contributed by atoms with Gasteiger partial charge < -0.3 is 4.84 Å². The van der Waals surface area contributed by atoms with Gasteiger partial charge in [-0.15, -0.1) is 0 Å². The molecule has 0 bridgehead atoms. The van der Waals surface area contributed by atoms with E-state index in [9.17, 15) is 8.42 Å². The van der Waals surface area contributed by atoms with Crippen LogP contribution in [0.4, 0.5) is 0 Å². The van der Waals surface area contributed by atoms with E-state index in [1.807, 2.05) is 0 Å². The average molecular weight is 292 g/mol. The predicted molar refractivity (Wildman–Crippen MR) is 70.4 cm³/mol. The smallest absolute Gasteiger partial charge is 0.202 e. The van der Waals surface area contributed by atoms with Crippen molar-refractivity contribution in [2.75, 3.05) is 12.4 Å². The minimum Gasteiger partial charge on any atom is -0.379 e. The maximum atomic E-state index is 11.9. The normalized spacial score (nSPS) is 11.5. The first-order chi connectivity index (χ1) is 9.46. The molecule has 0 atom stereocenters. The Labute approximate surface area is 117 Å². The summed E-state index contributed by atoms with van der Waals surface area (Å²) in [5, 5.41) is 20.8. The molecule has 1 rings (SSSR count). The molecule has 0 unspecified atom stereocenters. The van der Waals surface area contributed by atoms with Crippen LogP contribution in [0.3, 0.4) is 0 Å². The number of pyridine rings is 1. The summed E-state index contributed by atoms with van der Waals surface area (Å²) in [6.07, 6.45) is 1.34. The first-order valence-electron chi connectivity index (χ1n) is 5.63. The molecule has 0 fully saturated rings. The highest BCUT2D eigenvalue weighted by Crippen LogP contribution is 2.17. The molecule has 0 aliphatic rings. The van der Waals surface area contributed by atoms with Crippen LogP contribution in [-0.2, 0) is 14.7 Å². The summed E-state index contributed by atoms with van der Waals surface area (Å²) in [6, 6.07) is 4.81. The maximum Gasteiger partial charge on any atom is 0.202 e. The Balaban J connectivity index is 3.29. The van der Waals surface area contributed by atoms with Gasteiger partial charge in [0, 0.05) is 11.8 Å². The third-order valence-electron chi connectivity index (χ3n) is 2.42. The quantitative estimate of drug-likeness (QED) is 0.453. The van der Waals surface area contributed by atoms with Crippen LogP contribution in [0.2, 0.25) is 0 Å². The average Bonchev–Trinajstić information content (AvgIpc) is 2.44. The number of nitriles is 2. The van der Waals surface area contributed by atoms with Gasteiger partial charge in [-0.1, -0.05) is 12.1 Å². The second-order valence-electron chi connectivity index (χ2n) is 3.69. The number of hydrogen-bond donors (Lipinski definition) is 0. The molecule has 104 valence electrons. The fourth-order valence-corrected chi connectivity index (χ4v) is 2.50. The van der Waals surface area contributed by atoms with Crippen LogP contribution in [-0.4, -0.2) is 31.5 Å². The van der Waals surface area contributed by atoms with E-state index < -0.39 is 9.84 Å². The van der Waals surface area contributed by atoms with Gasteiger partial charge in [0.25, 0.3) is 0 Å². The number of sulfone groups is 1. The summed E-state index contributed by atoms with van der Waals surface area (Å²) >= 11 is 0. The fraction of sp³-hybridized carbons (Fsp3) is 0.333. The SMILES string of the molecule is CCS(=O)(=O)c1cc(/C(C#N)=N/OCC#N)cnc1C. The van der Waals surface area contributed by atoms with Crippen molar-refractivity contribution in [1.82, 2.24) is 4.98 Å². The largest absolute Gasteiger partial charge is 0.379 e. The van der Waals surface area contributed by atoms with E-state index in [-0.39, 0.29) is 28.5 Å². The Kier molecular flexibility index (Phi) is 5.18. The van der Waals surface area contributed by atoms with Gasteiger partial charge in [-0.3, -0.25) is 4.98 Å². The molecule has 0 spiro atoms. The lowest BCUT2D eigenvalue weighted by atomic mass is 10.2. The summed E-state index contributed by atoms with van der Waals surface area (Å²) in [5.41, 5.74) is 0.439. The third-order valence-corrected chi connectivity index (χ3v) is 4.26. The molecule has 0 aliphatic carbocycles. The van der Waals surface area contributed by atoms with E-state index in [2.05, 4.69) is 15.0 Å². The molecular formula is C12H12N4O3S. The molecule has 8 heteroatoms. The molecule has 0 aromatic carbocycles. The van der Waals surface area contributed by atoms with Crippen LogP contribution < -0.4 is 0 Å². The van der Waals surface area contributed by atoms with E-state index in [0.717, 1.165) is 0 Å². The lowest BCUT2D eigenvalue weighted by Crippen LogP contribution is -2.10. The summed E-state index contributed by atoms with van der Waals surface area (Å²) in [4.78, 5) is 8.61. The highest BCUT2D eigenvalue weighted by molar-refractivity contribution is 7.91. The van der Waals surface area contributed by atoms with Gasteiger partial charge in [-0.05, 0) is 13.0 Å². The van der Waals surface area contributed by atoms with E-state index in [1.165, 1.54) is 19.2 Å². The van der Waals surface area contributed by atoms with Gasteiger partial charge in [0.1, 0.15) is 12.1 Å². The number of rotatable bonds is 5. The van der Waals surface area contributed by atoms with E-state index >= 15 is 0 Å². The molecule has 0 saturated heterocycles. The monoisotopic (exact) mass is 292 g/mol. The Morgan fingerprint density at radius 2 is 2.20 bits per heavy atom. The van der Waals surface area contributed by atoms with Crippen molar-refractivity contribution in [1.29, 1.82) is 10.5 Å². The highest BCUT2D eigenvalue weighted by atomic mass is 32.2. The van der Waals surface area contributed by atoms with Crippen molar-refractivity contribution in [3.8, 4) is 12.1 Å². The van der Waals surface area contributed by atoms with Crippen LogP contribution in [0.15, 0.2) is 22.3 Å². The molecular weight excluding hydrogens is 280 g/mol. The van der Waals surface area contributed by atoms with Crippen molar-refractivity contribution < 1.29 is 13.3 Å². The topological polar surface area (TPSA) is 116 Å². The lowest BCUT2D eigenvalue weighted by molar-refractivity contribution is 0.179. The van der Waals surface area contributed by atoms with Crippen LogP contribution in [0.1, 0.15) is 18.2 Å². The zero-order valence-corrected chi connectivity index (χ0v) is 11.8. The van der Waals surface area contributed by atoms with Crippen molar-refractivity contribution in [3.05, 3.63) is 23.5 Å². The molecule has 7 nitrogen and oxygen atoms in total. The van der Waals surface area contributed by atoms with Gasteiger partial charge in [0.05, 0.1) is 16.3 Å². The van der Waals surface area contributed by atoms with Gasteiger partial charge in [0.2, 0.25) is 6.61 Å². The lowest BCUT2D eigenvalue weighted by Gasteiger charge is -2.06. The second-order valence-corrected chi connectivity index (χ2v) is 5.94. The van der Waals surface area contributed by atoms with Gasteiger partial charge in [-0.2, -0.15) is 10.5 Å².